The van der Waals surface area contributed by atoms with Crippen molar-refractivity contribution in [3.05, 3.63) is 24.0 Å². The smallest absolute Gasteiger partial charge is 0.267 e. The first-order valence-electron chi connectivity index (χ1n) is 5.15. The van der Waals surface area contributed by atoms with E-state index < -0.39 is 5.91 Å². The van der Waals surface area contributed by atoms with Crippen LogP contribution in [-0.2, 0) is 4.79 Å². The number of anilines is 1. The average molecular weight is 236 g/mol. The highest BCUT2D eigenvalue weighted by Crippen LogP contribution is 2.09. The lowest BCUT2D eigenvalue weighted by Crippen LogP contribution is -2.36. The van der Waals surface area contributed by atoms with Gasteiger partial charge in [0.05, 0.1) is 0 Å². The van der Waals surface area contributed by atoms with Gasteiger partial charge in [-0.2, -0.15) is 0 Å². The van der Waals surface area contributed by atoms with Gasteiger partial charge in [0.1, 0.15) is 11.7 Å². The van der Waals surface area contributed by atoms with Crippen molar-refractivity contribution in [1.82, 2.24) is 9.88 Å². The molecule has 3 N–H and O–H groups in total. The summed E-state index contributed by atoms with van der Waals surface area (Å²) in [6.45, 7) is 1.74. The third-order valence-corrected chi connectivity index (χ3v) is 2.21. The number of aromatic nitrogens is 1. The third-order valence-electron chi connectivity index (χ3n) is 2.21. The molecular weight excluding hydrogens is 220 g/mol. The van der Waals surface area contributed by atoms with Crippen LogP contribution in [0.2, 0.25) is 0 Å². The monoisotopic (exact) mass is 236 g/mol. The zero-order chi connectivity index (χ0) is 13.0. The van der Waals surface area contributed by atoms with E-state index in [1.807, 2.05) is 0 Å². The lowest BCUT2D eigenvalue weighted by molar-refractivity contribution is -0.129. The van der Waals surface area contributed by atoms with Gasteiger partial charge in [-0.25, -0.2) is 0 Å². The van der Waals surface area contributed by atoms with E-state index in [9.17, 15) is 9.59 Å². The molecule has 6 heteroatoms. The Kier molecular flexibility index (Phi) is 4.03. The van der Waals surface area contributed by atoms with Gasteiger partial charge in [0.15, 0.2) is 0 Å². The molecule has 0 fully saturated rings. The quantitative estimate of drug-likeness (QED) is 0.774. The van der Waals surface area contributed by atoms with Gasteiger partial charge in [-0.15, -0.1) is 0 Å². The number of nitrogens with one attached hydrogen (secondary N) is 1. The normalized spacial score (nSPS) is 11.7. The molecule has 0 unspecified atom stereocenters. The number of carbonyl (C=O) groups is 2. The van der Waals surface area contributed by atoms with E-state index in [0.717, 1.165) is 0 Å². The molecule has 0 spiro atoms. The van der Waals surface area contributed by atoms with Crippen LogP contribution >= 0.6 is 0 Å². The fourth-order valence-corrected chi connectivity index (χ4v) is 1.35. The van der Waals surface area contributed by atoms with E-state index in [1.54, 1.807) is 27.1 Å². The molecule has 0 radical (unpaired) electrons. The molecule has 1 heterocycles. The topological polar surface area (TPSA) is 88.3 Å². The summed E-state index contributed by atoms with van der Waals surface area (Å²) >= 11 is 0. The highest BCUT2D eigenvalue weighted by Gasteiger charge is 2.14. The van der Waals surface area contributed by atoms with Crippen LogP contribution in [0.15, 0.2) is 18.3 Å². The maximum absolute atomic E-state index is 11.6. The maximum atomic E-state index is 11.6. The lowest BCUT2D eigenvalue weighted by atomic mass is 10.2. The zero-order valence-corrected chi connectivity index (χ0v) is 10.1. The number of likely N-dealkylation sites (N-methyl/N-ethyl adjacent to an activating group) is 1. The predicted octanol–water partition coefficient (Wildman–Crippen LogP) is 0.0691. The Hall–Kier alpha value is -2.11. The fraction of sp³-hybridized carbons (Fsp3) is 0.364. The summed E-state index contributed by atoms with van der Waals surface area (Å²) in [4.78, 5) is 27.9. The second kappa shape index (κ2) is 5.29. The van der Waals surface area contributed by atoms with E-state index in [4.69, 9.17) is 5.73 Å². The van der Waals surface area contributed by atoms with Crippen molar-refractivity contribution in [3.63, 3.8) is 0 Å². The fourth-order valence-electron chi connectivity index (χ4n) is 1.35. The van der Waals surface area contributed by atoms with Crippen LogP contribution < -0.4 is 11.1 Å². The molecule has 0 aliphatic rings. The standard InChI is InChI=1S/C11H16N4O2/c1-7(11(17)15(2)3)14-8-4-5-13-9(6-8)10(12)16/h4-7H,1-3H3,(H2,12,16)(H,13,14)/t7-/m0/s1. The Balaban J connectivity index is 2.78. The zero-order valence-electron chi connectivity index (χ0n) is 10.1. The molecule has 0 saturated heterocycles. The minimum atomic E-state index is -0.597. The number of carbonyl (C=O) groups excluding carboxylic acids is 2. The molecule has 0 saturated carbocycles. The van der Waals surface area contributed by atoms with Crippen molar-refractivity contribution in [3.8, 4) is 0 Å². The summed E-state index contributed by atoms with van der Waals surface area (Å²) in [6, 6.07) is 2.81. The number of nitrogens with two attached hydrogens (primary N) is 1. The van der Waals surface area contributed by atoms with Crippen molar-refractivity contribution in [2.24, 2.45) is 5.73 Å². The number of nitrogens with zero attached hydrogens (tertiary/aromatic N) is 2. The molecule has 17 heavy (non-hydrogen) atoms. The average Bonchev–Trinajstić information content (AvgIpc) is 2.28. The van der Waals surface area contributed by atoms with Crippen molar-refractivity contribution in [2.75, 3.05) is 19.4 Å². The van der Waals surface area contributed by atoms with Crippen LogP contribution in [0.25, 0.3) is 0 Å². The van der Waals surface area contributed by atoms with Crippen LogP contribution in [-0.4, -0.2) is 41.8 Å². The van der Waals surface area contributed by atoms with Crippen molar-refractivity contribution in [1.29, 1.82) is 0 Å². The van der Waals surface area contributed by atoms with Gasteiger partial charge in [-0.05, 0) is 19.1 Å². The number of hydrogen-bond donors (Lipinski definition) is 2. The summed E-state index contributed by atoms with van der Waals surface area (Å²) in [7, 11) is 3.36. The molecule has 0 bridgehead atoms. The molecule has 0 aliphatic heterocycles. The number of hydrogen-bond acceptors (Lipinski definition) is 4. The lowest BCUT2D eigenvalue weighted by Gasteiger charge is -2.18. The molecule has 1 aromatic heterocycles. The molecule has 6 nitrogen and oxygen atoms in total. The Bertz CT molecular complexity index is 431. The summed E-state index contributed by atoms with van der Waals surface area (Å²) in [6.07, 6.45) is 1.47. The summed E-state index contributed by atoms with van der Waals surface area (Å²) in [5, 5.41) is 2.98. The molecule has 1 atom stereocenters. The van der Waals surface area contributed by atoms with Crippen LogP contribution in [0.3, 0.4) is 0 Å². The van der Waals surface area contributed by atoms with Crippen molar-refractivity contribution in [2.45, 2.75) is 13.0 Å². The van der Waals surface area contributed by atoms with E-state index in [1.165, 1.54) is 17.2 Å². The number of amides is 2. The van der Waals surface area contributed by atoms with Crippen LogP contribution in [0.4, 0.5) is 5.69 Å². The van der Waals surface area contributed by atoms with Gasteiger partial charge in [0.2, 0.25) is 5.91 Å². The van der Waals surface area contributed by atoms with Gasteiger partial charge in [0, 0.05) is 26.0 Å². The highest BCUT2D eigenvalue weighted by atomic mass is 16.2. The Morgan fingerprint density at radius 2 is 2.12 bits per heavy atom. The second-order valence-corrected chi connectivity index (χ2v) is 3.89. The second-order valence-electron chi connectivity index (χ2n) is 3.89. The van der Waals surface area contributed by atoms with Crippen LogP contribution in [0.1, 0.15) is 17.4 Å². The van der Waals surface area contributed by atoms with E-state index in [0.29, 0.717) is 5.69 Å². The number of rotatable bonds is 4. The molecule has 0 aromatic carbocycles. The van der Waals surface area contributed by atoms with Gasteiger partial charge < -0.3 is 16.0 Å². The first-order chi connectivity index (χ1) is 7.91. The van der Waals surface area contributed by atoms with Crippen LogP contribution in [0, 0.1) is 0 Å². The summed E-state index contributed by atoms with van der Waals surface area (Å²) in [5.74, 6) is -0.650. The van der Waals surface area contributed by atoms with E-state index >= 15 is 0 Å². The highest BCUT2D eigenvalue weighted by molar-refractivity contribution is 5.92. The molecule has 0 aliphatic carbocycles. The summed E-state index contributed by atoms with van der Waals surface area (Å²) < 4.78 is 0. The Morgan fingerprint density at radius 3 is 2.65 bits per heavy atom. The minimum absolute atomic E-state index is 0.0533. The van der Waals surface area contributed by atoms with Crippen molar-refractivity contribution >= 4 is 17.5 Å². The van der Waals surface area contributed by atoms with Crippen LogP contribution in [0.5, 0.6) is 0 Å². The molecular formula is C11H16N4O2. The number of primary amides is 1. The van der Waals surface area contributed by atoms with Gasteiger partial charge in [-0.1, -0.05) is 0 Å². The molecule has 92 valence electrons. The summed E-state index contributed by atoms with van der Waals surface area (Å²) in [5.41, 5.74) is 5.92. The first kappa shape index (κ1) is 13.0. The van der Waals surface area contributed by atoms with Gasteiger partial charge >= 0.3 is 0 Å². The molecule has 2 amide bonds. The molecule has 1 aromatic rings. The number of pyridine rings is 1. The SMILES string of the molecule is C[C@H](Nc1ccnc(C(N)=O)c1)C(=O)N(C)C. The Labute approximate surface area is 99.8 Å². The van der Waals surface area contributed by atoms with E-state index in [2.05, 4.69) is 10.3 Å². The maximum Gasteiger partial charge on any atom is 0.267 e. The van der Waals surface area contributed by atoms with Gasteiger partial charge in [-0.3, -0.25) is 14.6 Å². The van der Waals surface area contributed by atoms with Gasteiger partial charge in [0.25, 0.3) is 5.91 Å². The largest absolute Gasteiger partial charge is 0.374 e. The molecule has 1 rings (SSSR count). The Morgan fingerprint density at radius 1 is 1.47 bits per heavy atom. The minimum Gasteiger partial charge on any atom is -0.374 e. The predicted molar refractivity (Wildman–Crippen MR) is 64.5 cm³/mol. The first-order valence-corrected chi connectivity index (χ1v) is 5.15. The van der Waals surface area contributed by atoms with Crippen molar-refractivity contribution < 1.29 is 9.59 Å². The van der Waals surface area contributed by atoms with E-state index in [-0.39, 0.29) is 17.6 Å². The third kappa shape index (κ3) is 3.44.